The van der Waals surface area contributed by atoms with Gasteiger partial charge in [0.25, 0.3) is 0 Å². The average molecular weight is 261 g/mol. The van der Waals surface area contributed by atoms with E-state index in [9.17, 15) is 4.79 Å². The van der Waals surface area contributed by atoms with Crippen molar-refractivity contribution in [1.82, 2.24) is 4.90 Å². The third-order valence-corrected chi connectivity index (χ3v) is 6.14. The Labute approximate surface area is 117 Å². The highest BCUT2D eigenvalue weighted by molar-refractivity contribution is 5.95. The smallest absolute Gasteiger partial charge is 0.250 e. The molecule has 19 heavy (non-hydrogen) atoms. The summed E-state index contributed by atoms with van der Waals surface area (Å²) in [6.07, 6.45) is 8.20. The second kappa shape index (κ2) is 4.36. The summed E-state index contributed by atoms with van der Waals surface area (Å²) in [6.45, 7) is 9.11. The lowest BCUT2D eigenvalue weighted by molar-refractivity contribution is -0.136. The summed E-state index contributed by atoms with van der Waals surface area (Å²) >= 11 is 0. The lowest BCUT2D eigenvalue weighted by atomic mass is 9.48. The van der Waals surface area contributed by atoms with E-state index >= 15 is 0 Å². The van der Waals surface area contributed by atoms with Crippen LogP contribution in [-0.2, 0) is 4.79 Å². The first kappa shape index (κ1) is 13.2. The maximum atomic E-state index is 13.0. The molecule has 0 aromatic heterocycles. The molecule has 1 saturated heterocycles. The molecule has 0 N–H and O–H groups in total. The molecule has 1 saturated carbocycles. The fourth-order valence-electron chi connectivity index (χ4n) is 4.56. The predicted octanol–water partition coefficient (Wildman–Crippen LogP) is 3.77. The van der Waals surface area contributed by atoms with Gasteiger partial charge in [-0.25, -0.2) is 0 Å². The van der Waals surface area contributed by atoms with Gasteiger partial charge in [0.2, 0.25) is 5.91 Å². The number of carbonyl (C=O) groups is 1. The highest BCUT2D eigenvalue weighted by atomic mass is 16.2. The van der Waals surface area contributed by atoms with Crippen molar-refractivity contribution in [3.05, 3.63) is 11.6 Å². The Bertz CT molecular complexity index is 413. The van der Waals surface area contributed by atoms with E-state index in [4.69, 9.17) is 0 Å². The molecular weight excluding hydrogens is 234 g/mol. The minimum absolute atomic E-state index is 0.343. The number of piperidine rings is 1. The van der Waals surface area contributed by atoms with Crippen LogP contribution in [0.1, 0.15) is 59.8 Å². The van der Waals surface area contributed by atoms with Gasteiger partial charge in [0.15, 0.2) is 0 Å². The zero-order valence-electron chi connectivity index (χ0n) is 12.8. The quantitative estimate of drug-likeness (QED) is 0.703. The number of carbonyl (C=O) groups excluding carboxylic acids is 1. The minimum Gasteiger partial charge on any atom is -0.334 e. The molecule has 3 aliphatic carbocycles. The van der Waals surface area contributed by atoms with Gasteiger partial charge in [-0.2, -0.15) is 0 Å². The van der Waals surface area contributed by atoms with Crippen molar-refractivity contribution in [3.63, 3.8) is 0 Å². The fourth-order valence-corrected chi connectivity index (χ4v) is 4.56. The summed E-state index contributed by atoms with van der Waals surface area (Å²) in [5.41, 5.74) is 1.48. The first-order valence-electron chi connectivity index (χ1n) is 7.95. The number of nitrogens with zero attached hydrogens (tertiary/aromatic N) is 1. The molecule has 0 aromatic carbocycles. The van der Waals surface area contributed by atoms with E-state index in [0.29, 0.717) is 29.3 Å². The van der Waals surface area contributed by atoms with Gasteiger partial charge in [-0.05, 0) is 63.2 Å². The molecule has 1 aliphatic heterocycles. The zero-order valence-corrected chi connectivity index (χ0v) is 12.8. The van der Waals surface area contributed by atoms with E-state index in [0.717, 1.165) is 17.9 Å². The number of likely N-dealkylation sites (tertiary alicyclic amines) is 1. The fraction of sp³-hybridized carbons (Fsp3) is 0.824. The third kappa shape index (κ3) is 1.86. The molecule has 4 aliphatic rings. The highest BCUT2D eigenvalue weighted by Crippen LogP contribution is 2.59. The average Bonchev–Trinajstić information content (AvgIpc) is 2.38. The Hall–Kier alpha value is -0.790. The molecule has 4 atom stereocenters. The van der Waals surface area contributed by atoms with Gasteiger partial charge in [-0.1, -0.05) is 19.9 Å². The molecule has 1 heterocycles. The van der Waals surface area contributed by atoms with Crippen LogP contribution < -0.4 is 0 Å². The second-order valence-corrected chi connectivity index (χ2v) is 7.54. The van der Waals surface area contributed by atoms with Crippen LogP contribution in [0.25, 0.3) is 0 Å². The van der Waals surface area contributed by atoms with Crippen molar-refractivity contribution in [2.24, 2.45) is 17.3 Å². The van der Waals surface area contributed by atoms with Gasteiger partial charge in [-0.3, -0.25) is 4.79 Å². The van der Waals surface area contributed by atoms with E-state index < -0.39 is 0 Å². The van der Waals surface area contributed by atoms with Gasteiger partial charge in [0, 0.05) is 17.7 Å². The Morgan fingerprint density at radius 2 is 1.89 bits per heavy atom. The summed E-state index contributed by atoms with van der Waals surface area (Å²) in [5.74, 6) is 1.67. The van der Waals surface area contributed by atoms with Crippen molar-refractivity contribution < 1.29 is 4.79 Å². The summed E-state index contributed by atoms with van der Waals surface area (Å²) in [4.78, 5) is 15.1. The number of fused-ring (bicyclic) bond motifs is 1. The predicted molar refractivity (Wildman–Crippen MR) is 77.7 cm³/mol. The number of rotatable bonds is 1. The molecular formula is C17H27NO. The number of amides is 1. The number of allylic oxidation sites excluding steroid dienone is 1. The Kier molecular flexibility index (Phi) is 3.03. The molecule has 106 valence electrons. The van der Waals surface area contributed by atoms with Gasteiger partial charge in [0.1, 0.15) is 0 Å². The molecule has 0 radical (unpaired) electrons. The second-order valence-electron chi connectivity index (χ2n) is 7.54. The van der Waals surface area contributed by atoms with Gasteiger partial charge >= 0.3 is 0 Å². The van der Waals surface area contributed by atoms with Crippen molar-refractivity contribution in [1.29, 1.82) is 0 Å². The largest absolute Gasteiger partial charge is 0.334 e. The molecule has 2 bridgehead atoms. The topological polar surface area (TPSA) is 20.3 Å². The monoisotopic (exact) mass is 261 g/mol. The van der Waals surface area contributed by atoms with Crippen molar-refractivity contribution in [3.8, 4) is 0 Å². The van der Waals surface area contributed by atoms with Crippen LogP contribution in [0.2, 0.25) is 0 Å². The molecule has 0 aromatic rings. The third-order valence-electron chi connectivity index (χ3n) is 6.14. The van der Waals surface area contributed by atoms with Gasteiger partial charge in [-0.15, -0.1) is 0 Å². The SMILES string of the molecule is CC1CCCC(C)N1C(=O)C1=CC[C@@H]2C[C@H]1C2(C)C. The Balaban J connectivity index is 1.82. The minimum atomic E-state index is 0.343. The summed E-state index contributed by atoms with van der Waals surface area (Å²) in [7, 11) is 0. The summed E-state index contributed by atoms with van der Waals surface area (Å²) < 4.78 is 0. The van der Waals surface area contributed by atoms with Crippen molar-refractivity contribution in [2.75, 3.05) is 0 Å². The van der Waals surface area contributed by atoms with Gasteiger partial charge < -0.3 is 4.90 Å². The normalized spacial score (nSPS) is 40.4. The standard InChI is InChI=1S/C17H27NO/c1-11-6-5-7-12(2)18(11)16(19)14-9-8-13-10-15(14)17(13,3)4/h9,11-13,15H,5-8,10H2,1-4H3/t11?,12?,13-,15-/m1/s1. The Morgan fingerprint density at radius 1 is 1.26 bits per heavy atom. The van der Waals surface area contributed by atoms with E-state index in [1.807, 2.05) is 0 Å². The molecule has 2 fully saturated rings. The molecule has 2 unspecified atom stereocenters. The summed E-state index contributed by atoms with van der Waals surface area (Å²) in [5, 5.41) is 0. The van der Waals surface area contributed by atoms with Crippen LogP contribution in [0.5, 0.6) is 0 Å². The highest BCUT2D eigenvalue weighted by Gasteiger charge is 2.53. The maximum absolute atomic E-state index is 13.0. The summed E-state index contributed by atoms with van der Waals surface area (Å²) in [6, 6.07) is 0.830. The first-order valence-corrected chi connectivity index (χ1v) is 7.95. The van der Waals surface area contributed by atoms with Crippen LogP contribution in [0.3, 0.4) is 0 Å². The van der Waals surface area contributed by atoms with Crippen LogP contribution >= 0.6 is 0 Å². The van der Waals surface area contributed by atoms with E-state index in [-0.39, 0.29) is 0 Å². The van der Waals surface area contributed by atoms with E-state index in [1.54, 1.807) is 0 Å². The molecule has 4 rings (SSSR count). The van der Waals surface area contributed by atoms with Crippen molar-refractivity contribution >= 4 is 5.91 Å². The number of hydrogen-bond acceptors (Lipinski definition) is 1. The number of hydrogen-bond donors (Lipinski definition) is 0. The molecule has 2 heteroatoms. The van der Waals surface area contributed by atoms with E-state index in [2.05, 4.69) is 38.7 Å². The first-order chi connectivity index (χ1) is 8.93. The van der Waals surface area contributed by atoms with Crippen LogP contribution in [0.4, 0.5) is 0 Å². The lowest BCUT2D eigenvalue weighted by Crippen LogP contribution is -2.54. The van der Waals surface area contributed by atoms with Crippen molar-refractivity contribution in [2.45, 2.75) is 71.9 Å². The molecule has 2 nitrogen and oxygen atoms in total. The van der Waals surface area contributed by atoms with Gasteiger partial charge in [0.05, 0.1) is 0 Å². The van der Waals surface area contributed by atoms with Crippen LogP contribution in [0, 0.1) is 17.3 Å². The zero-order chi connectivity index (χ0) is 13.8. The molecule has 0 spiro atoms. The lowest BCUT2D eigenvalue weighted by Gasteiger charge is -2.56. The van der Waals surface area contributed by atoms with Crippen LogP contribution in [-0.4, -0.2) is 22.9 Å². The maximum Gasteiger partial charge on any atom is 0.250 e. The molecule has 1 amide bonds. The van der Waals surface area contributed by atoms with Crippen LogP contribution in [0.15, 0.2) is 11.6 Å². The Morgan fingerprint density at radius 3 is 2.42 bits per heavy atom. The van der Waals surface area contributed by atoms with E-state index in [1.165, 1.54) is 25.7 Å².